The van der Waals surface area contributed by atoms with Crippen LogP contribution in [-0.4, -0.2) is 64.9 Å². The lowest BCUT2D eigenvalue weighted by Crippen LogP contribution is -2.59. The van der Waals surface area contributed by atoms with E-state index < -0.39 is 5.60 Å². The quantitative estimate of drug-likeness (QED) is 0.781. The molecule has 1 amide bonds. The topological polar surface area (TPSA) is 53.0 Å². The SMILES string of the molecule is CC(C)(C)OC(=O)N1CC[C@@H](O)[C@H](N2CCC3(CCCc4ccccc43)CC2)C1. The van der Waals surface area contributed by atoms with Gasteiger partial charge in [-0.15, -0.1) is 0 Å². The molecule has 0 unspecified atom stereocenters. The first-order chi connectivity index (χ1) is 13.8. The van der Waals surface area contributed by atoms with E-state index >= 15 is 0 Å². The van der Waals surface area contributed by atoms with Crippen LogP contribution in [0.1, 0.15) is 64.0 Å². The molecule has 1 spiro atoms. The van der Waals surface area contributed by atoms with Crippen LogP contribution in [0.3, 0.4) is 0 Å². The Bertz CT molecular complexity index is 734. The van der Waals surface area contributed by atoms with Crippen LogP contribution in [-0.2, 0) is 16.6 Å². The Kier molecular flexibility index (Phi) is 5.64. The lowest BCUT2D eigenvalue weighted by atomic mass is 9.64. The first kappa shape index (κ1) is 20.7. The van der Waals surface area contributed by atoms with Crippen LogP contribution < -0.4 is 0 Å². The molecule has 29 heavy (non-hydrogen) atoms. The number of hydrogen-bond acceptors (Lipinski definition) is 4. The van der Waals surface area contributed by atoms with Crippen molar-refractivity contribution in [2.45, 2.75) is 82.5 Å². The number of piperidine rings is 2. The number of rotatable bonds is 1. The Morgan fingerprint density at radius 1 is 1.14 bits per heavy atom. The number of carbonyl (C=O) groups excluding carboxylic acids is 1. The number of fused-ring (bicyclic) bond motifs is 2. The third kappa shape index (κ3) is 4.31. The van der Waals surface area contributed by atoms with E-state index in [1.807, 2.05) is 20.8 Å². The van der Waals surface area contributed by atoms with E-state index in [1.165, 1.54) is 24.8 Å². The molecule has 0 bridgehead atoms. The van der Waals surface area contributed by atoms with Crippen molar-refractivity contribution < 1.29 is 14.6 Å². The van der Waals surface area contributed by atoms with Crippen LogP contribution in [0.15, 0.2) is 24.3 Å². The van der Waals surface area contributed by atoms with Crippen molar-refractivity contribution in [3.05, 3.63) is 35.4 Å². The second-order valence-corrected chi connectivity index (χ2v) is 10.2. The molecule has 2 aliphatic heterocycles. The largest absolute Gasteiger partial charge is 0.444 e. The molecule has 4 rings (SSSR count). The Morgan fingerprint density at radius 2 is 1.86 bits per heavy atom. The van der Waals surface area contributed by atoms with Gasteiger partial charge in [-0.25, -0.2) is 4.79 Å². The average molecular weight is 401 g/mol. The minimum absolute atomic E-state index is 0.00690. The van der Waals surface area contributed by atoms with Crippen molar-refractivity contribution in [1.29, 1.82) is 0 Å². The summed E-state index contributed by atoms with van der Waals surface area (Å²) in [5.74, 6) is 0. The molecule has 160 valence electrons. The van der Waals surface area contributed by atoms with Crippen molar-refractivity contribution in [2.75, 3.05) is 26.2 Å². The summed E-state index contributed by atoms with van der Waals surface area (Å²) in [4.78, 5) is 16.7. The maximum Gasteiger partial charge on any atom is 0.410 e. The zero-order valence-corrected chi connectivity index (χ0v) is 18.2. The highest BCUT2D eigenvalue weighted by Crippen LogP contribution is 2.45. The lowest BCUT2D eigenvalue weighted by molar-refractivity contribution is -0.0377. The summed E-state index contributed by atoms with van der Waals surface area (Å²) >= 11 is 0. The average Bonchev–Trinajstić information content (AvgIpc) is 2.68. The van der Waals surface area contributed by atoms with Gasteiger partial charge in [-0.05, 0) is 88.9 Å². The Labute approximate surface area is 175 Å². The second kappa shape index (κ2) is 7.92. The summed E-state index contributed by atoms with van der Waals surface area (Å²) < 4.78 is 5.56. The number of nitrogens with zero attached hydrogens (tertiary/aromatic N) is 2. The number of benzene rings is 1. The van der Waals surface area contributed by atoms with Gasteiger partial charge in [-0.1, -0.05) is 24.3 Å². The fourth-order valence-corrected chi connectivity index (χ4v) is 5.58. The van der Waals surface area contributed by atoms with Crippen molar-refractivity contribution in [2.24, 2.45) is 0 Å². The molecule has 0 aromatic heterocycles. The van der Waals surface area contributed by atoms with Crippen LogP contribution >= 0.6 is 0 Å². The minimum atomic E-state index is -0.492. The van der Waals surface area contributed by atoms with Gasteiger partial charge in [0.15, 0.2) is 0 Å². The molecule has 2 atom stereocenters. The minimum Gasteiger partial charge on any atom is -0.444 e. The number of amides is 1. The summed E-state index contributed by atoms with van der Waals surface area (Å²) in [6.07, 6.45) is 6.01. The Balaban J connectivity index is 1.42. The highest BCUT2D eigenvalue weighted by atomic mass is 16.6. The summed E-state index contributed by atoms with van der Waals surface area (Å²) in [6.45, 7) is 8.78. The number of aliphatic hydroxyl groups excluding tert-OH is 1. The third-order valence-electron chi connectivity index (χ3n) is 7.11. The highest BCUT2D eigenvalue weighted by Gasteiger charge is 2.43. The van der Waals surface area contributed by atoms with Gasteiger partial charge in [-0.2, -0.15) is 0 Å². The zero-order chi connectivity index (χ0) is 20.6. The molecule has 5 nitrogen and oxygen atoms in total. The normalized spacial score (nSPS) is 27.5. The van der Waals surface area contributed by atoms with E-state index in [-0.39, 0.29) is 18.2 Å². The Hall–Kier alpha value is -1.59. The molecule has 1 aliphatic carbocycles. The highest BCUT2D eigenvalue weighted by molar-refractivity contribution is 5.68. The number of carbonyl (C=O) groups is 1. The molecule has 2 heterocycles. The molecule has 3 aliphatic rings. The third-order valence-corrected chi connectivity index (χ3v) is 7.11. The smallest absolute Gasteiger partial charge is 0.410 e. The molecule has 5 heteroatoms. The van der Waals surface area contributed by atoms with E-state index in [4.69, 9.17) is 4.74 Å². The van der Waals surface area contributed by atoms with Crippen LogP contribution in [0.5, 0.6) is 0 Å². The first-order valence-electron chi connectivity index (χ1n) is 11.3. The van der Waals surface area contributed by atoms with Gasteiger partial charge in [0.25, 0.3) is 0 Å². The molecule has 0 radical (unpaired) electrons. The van der Waals surface area contributed by atoms with Gasteiger partial charge in [0.1, 0.15) is 5.60 Å². The number of ether oxygens (including phenoxy) is 1. The first-order valence-corrected chi connectivity index (χ1v) is 11.3. The molecular formula is C24H36N2O3. The van der Waals surface area contributed by atoms with E-state index in [0.29, 0.717) is 24.9 Å². The van der Waals surface area contributed by atoms with Crippen molar-refractivity contribution in [3.63, 3.8) is 0 Å². The number of likely N-dealkylation sites (tertiary alicyclic amines) is 2. The fourth-order valence-electron chi connectivity index (χ4n) is 5.58. The van der Waals surface area contributed by atoms with Gasteiger partial charge in [-0.3, -0.25) is 4.90 Å². The van der Waals surface area contributed by atoms with Crippen LogP contribution in [0.2, 0.25) is 0 Å². The van der Waals surface area contributed by atoms with E-state index in [0.717, 1.165) is 25.9 Å². The molecule has 2 saturated heterocycles. The van der Waals surface area contributed by atoms with Gasteiger partial charge >= 0.3 is 6.09 Å². The zero-order valence-electron chi connectivity index (χ0n) is 18.2. The number of hydrogen-bond donors (Lipinski definition) is 1. The maximum absolute atomic E-state index is 12.5. The monoisotopic (exact) mass is 400 g/mol. The van der Waals surface area contributed by atoms with Crippen molar-refractivity contribution in [1.82, 2.24) is 9.80 Å². The van der Waals surface area contributed by atoms with Crippen LogP contribution in [0, 0.1) is 0 Å². The maximum atomic E-state index is 12.5. The van der Waals surface area contributed by atoms with Gasteiger partial charge in [0.05, 0.1) is 12.1 Å². The molecular weight excluding hydrogens is 364 g/mol. The standard InChI is InChI=1S/C24H36N2O3/c1-23(2,3)29-22(28)26-14-10-21(27)20(17-26)25-15-12-24(13-16-25)11-6-8-18-7-4-5-9-19(18)24/h4-5,7,9,20-21,27H,6,8,10-17H2,1-3H3/t20-,21-/m1/s1. The summed E-state index contributed by atoms with van der Waals surface area (Å²) in [5.41, 5.74) is 2.90. The van der Waals surface area contributed by atoms with E-state index in [1.54, 1.807) is 10.5 Å². The summed E-state index contributed by atoms with van der Waals surface area (Å²) in [7, 11) is 0. The number of aliphatic hydroxyl groups is 1. The molecule has 1 N–H and O–H groups in total. The molecule has 1 aromatic carbocycles. The van der Waals surface area contributed by atoms with E-state index in [2.05, 4.69) is 29.2 Å². The van der Waals surface area contributed by atoms with Gasteiger partial charge < -0.3 is 14.7 Å². The predicted molar refractivity (Wildman–Crippen MR) is 114 cm³/mol. The summed E-state index contributed by atoms with van der Waals surface area (Å²) in [5, 5.41) is 10.7. The second-order valence-electron chi connectivity index (χ2n) is 10.2. The van der Waals surface area contributed by atoms with Gasteiger partial charge in [0.2, 0.25) is 0 Å². The fraction of sp³-hybridized carbons (Fsp3) is 0.708. The number of aryl methyl sites for hydroxylation is 1. The lowest BCUT2D eigenvalue weighted by Gasteiger charge is -2.49. The molecule has 1 aromatic rings. The van der Waals surface area contributed by atoms with Crippen molar-refractivity contribution >= 4 is 6.09 Å². The predicted octanol–water partition coefficient (Wildman–Crippen LogP) is 3.73. The van der Waals surface area contributed by atoms with Crippen LogP contribution in [0.25, 0.3) is 0 Å². The van der Waals surface area contributed by atoms with Crippen molar-refractivity contribution in [3.8, 4) is 0 Å². The van der Waals surface area contributed by atoms with Gasteiger partial charge in [0, 0.05) is 13.1 Å². The Morgan fingerprint density at radius 3 is 2.59 bits per heavy atom. The van der Waals surface area contributed by atoms with Crippen LogP contribution in [0.4, 0.5) is 4.79 Å². The van der Waals surface area contributed by atoms with E-state index in [9.17, 15) is 9.90 Å². The molecule has 2 fully saturated rings. The molecule has 0 saturated carbocycles. The summed E-state index contributed by atoms with van der Waals surface area (Å²) in [6, 6.07) is 8.99.